The van der Waals surface area contributed by atoms with Crippen molar-refractivity contribution in [1.82, 2.24) is 19.4 Å². The number of hydrogen-bond donors (Lipinski definition) is 0. The van der Waals surface area contributed by atoms with Crippen LogP contribution in [0.25, 0.3) is 17.1 Å². The fourth-order valence-electron chi connectivity index (χ4n) is 4.76. The molecule has 5 heteroatoms. The Balaban J connectivity index is 1.83. The highest BCUT2D eigenvalue weighted by molar-refractivity contribution is 5.68. The number of imidazole rings is 1. The summed E-state index contributed by atoms with van der Waals surface area (Å²) in [6, 6.07) is 14.1. The van der Waals surface area contributed by atoms with Crippen LogP contribution in [0.2, 0.25) is 0 Å². The number of benzene rings is 1. The zero-order chi connectivity index (χ0) is 24.2. The summed E-state index contributed by atoms with van der Waals surface area (Å²) in [7, 11) is 0. The topological polar surface area (TPSA) is 34.0 Å². The van der Waals surface area contributed by atoms with E-state index in [0.717, 1.165) is 65.9 Å². The minimum absolute atomic E-state index is 0.331. The molecule has 0 amide bonds. The first-order valence-electron chi connectivity index (χ1n) is 12.6. The van der Waals surface area contributed by atoms with Gasteiger partial charge in [0.15, 0.2) is 0 Å². The molecule has 0 bridgehead atoms. The van der Waals surface area contributed by atoms with Gasteiger partial charge in [-0.15, -0.1) is 0 Å². The smallest absolute Gasteiger partial charge is 0.213 e. The van der Waals surface area contributed by atoms with Gasteiger partial charge < -0.3 is 9.47 Å². The summed E-state index contributed by atoms with van der Waals surface area (Å²) in [5.74, 6) is 1.18. The average molecular weight is 461 g/mol. The Morgan fingerprint density at radius 2 is 1.88 bits per heavy atom. The van der Waals surface area contributed by atoms with Crippen LogP contribution in [-0.4, -0.2) is 32.0 Å². The molecule has 0 aliphatic heterocycles. The second kappa shape index (κ2) is 10.5. The Morgan fingerprint density at radius 3 is 2.53 bits per heavy atom. The number of aromatic nitrogens is 3. The van der Waals surface area contributed by atoms with E-state index in [9.17, 15) is 4.39 Å². The van der Waals surface area contributed by atoms with Gasteiger partial charge in [-0.2, -0.15) is 4.39 Å². The van der Waals surface area contributed by atoms with Gasteiger partial charge in [0.1, 0.15) is 5.82 Å². The molecule has 1 saturated carbocycles. The summed E-state index contributed by atoms with van der Waals surface area (Å²) in [5, 5.41) is 0. The molecule has 180 valence electrons. The lowest BCUT2D eigenvalue weighted by atomic mass is 10.1. The molecular weight excluding hydrogens is 423 g/mol. The van der Waals surface area contributed by atoms with E-state index < -0.39 is 5.95 Å². The third kappa shape index (κ3) is 5.40. The van der Waals surface area contributed by atoms with Crippen LogP contribution in [0.5, 0.6) is 0 Å². The van der Waals surface area contributed by atoms with E-state index in [1.165, 1.54) is 24.5 Å². The molecule has 0 atom stereocenters. The number of hydrogen-bond acceptors (Lipinski definition) is 3. The van der Waals surface area contributed by atoms with Gasteiger partial charge in [0.05, 0.1) is 22.8 Å². The summed E-state index contributed by atoms with van der Waals surface area (Å²) < 4.78 is 16.4. The third-order valence-corrected chi connectivity index (χ3v) is 6.70. The highest BCUT2D eigenvalue weighted by Crippen LogP contribution is 2.36. The van der Waals surface area contributed by atoms with E-state index in [4.69, 9.17) is 4.98 Å². The lowest BCUT2D eigenvalue weighted by Crippen LogP contribution is -2.31. The van der Waals surface area contributed by atoms with Crippen LogP contribution >= 0.6 is 0 Å². The van der Waals surface area contributed by atoms with Crippen LogP contribution in [0.15, 0.2) is 49.0 Å². The summed E-state index contributed by atoms with van der Waals surface area (Å²) in [4.78, 5) is 11.7. The highest BCUT2D eigenvalue weighted by atomic mass is 19.1. The van der Waals surface area contributed by atoms with Crippen molar-refractivity contribution in [3.8, 4) is 11.4 Å². The monoisotopic (exact) mass is 460 g/mol. The van der Waals surface area contributed by atoms with E-state index in [2.05, 4.69) is 73.0 Å². The van der Waals surface area contributed by atoms with Crippen LogP contribution in [-0.2, 0) is 13.0 Å². The molecule has 0 spiro atoms. The van der Waals surface area contributed by atoms with Crippen LogP contribution in [0.1, 0.15) is 69.1 Å². The van der Waals surface area contributed by atoms with E-state index in [1.807, 2.05) is 12.1 Å². The van der Waals surface area contributed by atoms with Crippen molar-refractivity contribution in [1.29, 1.82) is 0 Å². The SMILES string of the molecule is C=C(c1c(C)nc(-c2ccc(F)nc2CCC2CC2)n1Cc1ccccc1)N(CCC)C(C)C. The highest BCUT2D eigenvalue weighted by Gasteiger charge is 2.26. The van der Waals surface area contributed by atoms with Gasteiger partial charge in [-0.1, -0.05) is 56.7 Å². The largest absolute Gasteiger partial charge is 0.368 e. The summed E-state index contributed by atoms with van der Waals surface area (Å²) in [6.45, 7) is 14.8. The molecule has 0 saturated heterocycles. The average Bonchev–Trinajstić information content (AvgIpc) is 3.59. The van der Waals surface area contributed by atoms with Crippen molar-refractivity contribution in [2.24, 2.45) is 5.92 Å². The van der Waals surface area contributed by atoms with Crippen LogP contribution in [0.4, 0.5) is 4.39 Å². The first-order chi connectivity index (χ1) is 16.4. The fourth-order valence-corrected chi connectivity index (χ4v) is 4.76. The first kappa shape index (κ1) is 24.2. The van der Waals surface area contributed by atoms with E-state index in [0.29, 0.717) is 12.6 Å². The zero-order valence-electron chi connectivity index (χ0n) is 21.0. The second-order valence-electron chi connectivity index (χ2n) is 9.79. The Bertz CT molecular complexity index is 1130. The molecule has 0 radical (unpaired) electrons. The van der Waals surface area contributed by atoms with E-state index in [1.54, 1.807) is 0 Å². The standard InChI is InChI=1S/C29H37FN4/c1-6-18-33(20(2)3)22(5)28-21(4)31-29(34(28)19-24-10-8-7-9-11-24)25-15-17-27(30)32-26(25)16-14-23-12-13-23/h7-11,15,17,20,23H,5-6,12-14,16,18-19H2,1-4H3. The Hall–Kier alpha value is -2.95. The Morgan fingerprint density at radius 1 is 1.15 bits per heavy atom. The molecule has 4 nitrogen and oxygen atoms in total. The molecule has 2 heterocycles. The van der Waals surface area contributed by atoms with Gasteiger partial charge in [0, 0.05) is 24.7 Å². The van der Waals surface area contributed by atoms with Crippen molar-refractivity contribution in [3.05, 3.63) is 77.6 Å². The molecule has 1 fully saturated rings. The van der Waals surface area contributed by atoms with Gasteiger partial charge in [-0.3, -0.25) is 0 Å². The number of halogens is 1. The normalized spacial score (nSPS) is 13.5. The van der Waals surface area contributed by atoms with Gasteiger partial charge in [0.25, 0.3) is 0 Å². The van der Waals surface area contributed by atoms with Crippen molar-refractivity contribution >= 4 is 5.70 Å². The maximum Gasteiger partial charge on any atom is 0.213 e. The molecule has 34 heavy (non-hydrogen) atoms. The molecule has 0 unspecified atom stereocenters. The predicted molar refractivity (Wildman–Crippen MR) is 138 cm³/mol. The number of nitrogens with zero attached hydrogens (tertiary/aromatic N) is 4. The predicted octanol–water partition coefficient (Wildman–Crippen LogP) is 6.87. The van der Waals surface area contributed by atoms with E-state index in [-0.39, 0.29) is 0 Å². The van der Waals surface area contributed by atoms with Gasteiger partial charge >= 0.3 is 0 Å². The maximum atomic E-state index is 14.2. The lowest BCUT2D eigenvalue weighted by molar-refractivity contribution is 0.329. The molecule has 1 aliphatic carbocycles. The maximum absolute atomic E-state index is 14.2. The molecule has 3 aromatic rings. The summed E-state index contributed by atoms with van der Waals surface area (Å²) in [6.07, 6.45) is 5.43. The van der Waals surface area contributed by atoms with Crippen LogP contribution < -0.4 is 0 Å². The Kier molecular flexibility index (Phi) is 7.50. The molecular formula is C29H37FN4. The van der Waals surface area contributed by atoms with Gasteiger partial charge in [0.2, 0.25) is 5.95 Å². The van der Waals surface area contributed by atoms with Gasteiger partial charge in [-0.05, 0) is 63.6 Å². The molecule has 2 aromatic heterocycles. The Labute approximate surface area is 203 Å². The third-order valence-electron chi connectivity index (χ3n) is 6.70. The molecule has 0 N–H and O–H groups in total. The van der Waals surface area contributed by atoms with Crippen molar-refractivity contribution in [2.45, 2.75) is 72.4 Å². The number of pyridine rings is 1. The molecule has 1 aromatic carbocycles. The molecule has 1 aliphatic rings. The van der Waals surface area contributed by atoms with Crippen molar-refractivity contribution in [3.63, 3.8) is 0 Å². The summed E-state index contributed by atoms with van der Waals surface area (Å²) in [5.41, 5.74) is 5.88. The van der Waals surface area contributed by atoms with Gasteiger partial charge in [-0.25, -0.2) is 9.97 Å². The lowest BCUT2D eigenvalue weighted by Gasteiger charge is -2.31. The minimum atomic E-state index is -0.425. The van der Waals surface area contributed by atoms with Crippen molar-refractivity contribution in [2.75, 3.05) is 6.54 Å². The van der Waals surface area contributed by atoms with Crippen molar-refractivity contribution < 1.29 is 4.39 Å². The first-order valence-corrected chi connectivity index (χ1v) is 12.6. The quantitative estimate of drug-likeness (QED) is 0.293. The second-order valence-corrected chi connectivity index (χ2v) is 9.79. The zero-order valence-corrected chi connectivity index (χ0v) is 21.0. The number of rotatable bonds is 11. The van der Waals surface area contributed by atoms with Crippen LogP contribution in [0.3, 0.4) is 0 Å². The number of aryl methyl sites for hydroxylation is 2. The minimum Gasteiger partial charge on any atom is -0.368 e. The molecule has 4 rings (SSSR count). The summed E-state index contributed by atoms with van der Waals surface area (Å²) >= 11 is 0. The van der Waals surface area contributed by atoms with E-state index >= 15 is 0 Å². The fraction of sp³-hybridized carbons (Fsp3) is 0.448. The van der Waals surface area contributed by atoms with Crippen LogP contribution in [0, 0.1) is 18.8 Å².